The monoisotopic (exact) mass is 652 g/mol. The second kappa shape index (κ2) is 14.2. The molecule has 1 heterocycles. The first-order valence-electron chi connectivity index (χ1n) is 14.4. The topological polar surface area (TPSA) is 6.25 Å². The fourth-order valence-corrected chi connectivity index (χ4v) is 6.18. The van der Waals surface area contributed by atoms with Crippen LogP contribution < -0.4 is 4.90 Å². The molecule has 4 aromatic rings. The molecular formula is C35H35Cl3N2Zn. The second-order valence-corrected chi connectivity index (χ2v) is 24.5. The Hall–Kier alpha value is -2.42. The second-order valence-electron chi connectivity index (χ2n) is 10.7. The molecule has 1 fully saturated rings. The fraction of sp³-hybridized carbons (Fsp3) is 0.229. The van der Waals surface area contributed by atoms with Crippen molar-refractivity contribution in [2.24, 2.45) is 0 Å². The molecule has 208 valence electrons. The van der Waals surface area contributed by atoms with Crippen LogP contribution in [0.5, 0.6) is 0 Å². The van der Waals surface area contributed by atoms with Crippen LogP contribution in [0.4, 0.5) is 11.4 Å². The Morgan fingerprint density at radius 3 is 1.88 bits per heavy atom. The fourth-order valence-electron chi connectivity index (χ4n) is 6.18. The van der Waals surface area contributed by atoms with Crippen molar-refractivity contribution in [3.63, 3.8) is 0 Å². The third-order valence-corrected chi connectivity index (χ3v) is 8.15. The van der Waals surface area contributed by atoms with Gasteiger partial charge >= 0.3 is 42.1 Å². The molecule has 0 atom stereocenters. The van der Waals surface area contributed by atoms with Gasteiger partial charge in [-0.25, -0.2) is 0 Å². The normalized spacial score (nSPS) is 16.0. The van der Waals surface area contributed by atoms with Crippen LogP contribution in [0.15, 0.2) is 109 Å². The number of halogens is 3. The zero-order valence-corrected chi connectivity index (χ0v) is 29.0. The van der Waals surface area contributed by atoms with Crippen molar-refractivity contribution < 1.29 is 17.6 Å². The number of nitrogens with zero attached hydrogens (tertiary/aromatic N) is 2. The van der Waals surface area contributed by atoms with Gasteiger partial charge in [0, 0.05) is 36.0 Å². The van der Waals surface area contributed by atoms with Gasteiger partial charge in [0.2, 0.25) is 11.4 Å². The van der Waals surface area contributed by atoms with Crippen molar-refractivity contribution in [1.82, 2.24) is 0 Å². The third-order valence-electron chi connectivity index (χ3n) is 8.15. The van der Waals surface area contributed by atoms with Crippen LogP contribution >= 0.6 is 29.1 Å². The summed E-state index contributed by atoms with van der Waals surface area (Å²) in [5.41, 5.74) is 11.4. The summed E-state index contributed by atoms with van der Waals surface area (Å²) in [5.74, 6) is 0. The Morgan fingerprint density at radius 2 is 1.24 bits per heavy atom. The van der Waals surface area contributed by atoms with Gasteiger partial charge in [0.25, 0.3) is 0 Å². The van der Waals surface area contributed by atoms with Gasteiger partial charge in [-0.15, -0.1) is 0 Å². The van der Waals surface area contributed by atoms with Crippen LogP contribution in [0, 0.1) is 0 Å². The van der Waals surface area contributed by atoms with E-state index in [2.05, 4.69) is 133 Å². The van der Waals surface area contributed by atoms with Gasteiger partial charge in [-0.1, -0.05) is 92.1 Å². The van der Waals surface area contributed by atoms with Crippen molar-refractivity contribution in [2.45, 2.75) is 38.1 Å². The van der Waals surface area contributed by atoms with E-state index in [0.29, 0.717) is 6.04 Å². The van der Waals surface area contributed by atoms with Crippen molar-refractivity contribution in [1.29, 1.82) is 0 Å². The van der Waals surface area contributed by atoms with Gasteiger partial charge in [0.05, 0.1) is 11.1 Å². The van der Waals surface area contributed by atoms with Gasteiger partial charge in [0.15, 0.2) is 0 Å². The van der Waals surface area contributed by atoms with Crippen molar-refractivity contribution in [3.05, 3.63) is 131 Å². The standard InChI is InChI=1S/C35H35N2.3ClH.Zn/c1-36(29-18-10-5-11-19-29)30-24-22-27(23-25-30)33(26-14-6-3-7-15-26)34-31-20-12-13-21-32(31)37(2)35(34)28-16-8-4-9-17-28;;;;/h3-4,6-9,12-17,20-25,29H,5,10-11,18-19H2,1-2H3;3*1H;/q+1;;;;+2/p-3. The Bertz CT molecular complexity index is 1510. The summed E-state index contributed by atoms with van der Waals surface area (Å²) >= 11 is -2.21. The van der Waals surface area contributed by atoms with Gasteiger partial charge < -0.3 is 4.90 Å². The molecule has 0 radical (unpaired) electrons. The summed E-state index contributed by atoms with van der Waals surface area (Å²) in [6.45, 7) is 0. The summed E-state index contributed by atoms with van der Waals surface area (Å²) in [7, 11) is 19.5. The van der Waals surface area contributed by atoms with Crippen LogP contribution in [0.3, 0.4) is 0 Å². The van der Waals surface area contributed by atoms with E-state index >= 15 is 0 Å². The minimum atomic E-state index is -2.21. The molecule has 0 amide bonds. The van der Waals surface area contributed by atoms with Crippen molar-refractivity contribution in [2.75, 3.05) is 19.0 Å². The Kier molecular flexibility index (Phi) is 10.4. The molecule has 0 bridgehead atoms. The molecule has 1 aliphatic heterocycles. The van der Waals surface area contributed by atoms with E-state index in [1.165, 1.54) is 82.6 Å². The maximum atomic E-state index is 5.01. The quantitative estimate of drug-likeness (QED) is 0.153. The molecule has 0 aromatic heterocycles. The molecule has 2 aliphatic rings. The third kappa shape index (κ3) is 6.98. The molecule has 4 aromatic carbocycles. The van der Waals surface area contributed by atoms with Crippen LogP contribution in [0.25, 0.3) is 11.1 Å². The molecule has 0 spiro atoms. The van der Waals surface area contributed by atoms with E-state index in [9.17, 15) is 0 Å². The molecule has 6 heteroatoms. The van der Waals surface area contributed by atoms with Gasteiger partial charge in [-0.2, -0.15) is 4.58 Å². The average Bonchev–Trinajstić information content (AvgIpc) is 3.30. The predicted octanol–water partition coefficient (Wildman–Crippen LogP) is 10.3. The van der Waals surface area contributed by atoms with Gasteiger partial charge in [-0.3, -0.25) is 0 Å². The van der Waals surface area contributed by atoms with E-state index < -0.39 is 13.0 Å². The average molecular weight is 655 g/mol. The summed E-state index contributed by atoms with van der Waals surface area (Å²) in [4.78, 5) is 2.50. The van der Waals surface area contributed by atoms with Crippen molar-refractivity contribution in [3.8, 4) is 0 Å². The van der Waals surface area contributed by atoms with Crippen molar-refractivity contribution >= 4 is 57.3 Å². The number of allylic oxidation sites excluding steroid dienone is 1. The Labute approximate surface area is 261 Å². The molecule has 6 rings (SSSR count). The molecule has 0 unspecified atom stereocenters. The number of rotatable bonds is 5. The minimum absolute atomic E-state index is 0.653. The summed E-state index contributed by atoms with van der Waals surface area (Å²) in [5, 5.41) is 0. The van der Waals surface area contributed by atoms with Crippen LogP contribution in [-0.4, -0.2) is 30.4 Å². The van der Waals surface area contributed by atoms with Gasteiger partial charge in [0.1, 0.15) is 7.05 Å². The summed E-state index contributed by atoms with van der Waals surface area (Å²) in [6.07, 6.45) is 6.68. The molecule has 1 aliphatic carbocycles. The Morgan fingerprint density at radius 1 is 0.707 bits per heavy atom. The first-order valence-corrected chi connectivity index (χ1v) is 26.1. The number of anilines is 1. The van der Waals surface area contributed by atoms with Crippen LogP contribution in [0.1, 0.15) is 54.4 Å². The van der Waals surface area contributed by atoms with E-state index in [1.54, 1.807) is 0 Å². The molecule has 0 N–H and O–H groups in total. The number of fused-ring (bicyclic) bond motifs is 1. The van der Waals surface area contributed by atoms with Crippen LogP contribution in [-0.2, 0) is 13.0 Å². The SMILES string of the molecule is CN(c1ccc(C(=C2C(c3ccccc3)=[N+](C)c3ccccc32)c2ccccc2)cc1)C1CCCCC1.[Cl][Zn-]([Cl])[Cl]. The predicted molar refractivity (Wildman–Crippen MR) is 174 cm³/mol. The summed E-state index contributed by atoms with van der Waals surface area (Å²) < 4.78 is 2.36. The number of para-hydroxylation sites is 1. The number of hydrogen-bond acceptors (Lipinski definition) is 1. The number of benzene rings is 4. The number of hydrogen-bond donors (Lipinski definition) is 0. The molecular weight excluding hydrogens is 620 g/mol. The van der Waals surface area contributed by atoms with Gasteiger partial charge in [-0.05, 0) is 54.3 Å². The summed E-state index contributed by atoms with van der Waals surface area (Å²) in [6, 6.07) is 40.4. The molecule has 1 saturated carbocycles. The molecule has 0 saturated heterocycles. The zero-order valence-electron chi connectivity index (χ0n) is 23.7. The van der Waals surface area contributed by atoms with E-state index in [4.69, 9.17) is 29.1 Å². The van der Waals surface area contributed by atoms with E-state index in [0.717, 1.165) is 0 Å². The van der Waals surface area contributed by atoms with E-state index in [-0.39, 0.29) is 0 Å². The Balaban J connectivity index is 0.000000794. The zero-order chi connectivity index (χ0) is 28.8. The first-order chi connectivity index (χ1) is 20.0. The first kappa shape index (κ1) is 30.1. The van der Waals surface area contributed by atoms with Crippen LogP contribution in [0.2, 0.25) is 0 Å². The molecule has 41 heavy (non-hydrogen) atoms. The molecule has 2 nitrogen and oxygen atoms in total. The maximum absolute atomic E-state index is 5.01. The van der Waals surface area contributed by atoms with E-state index in [1.807, 2.05) is 0 Å².